The molecule has 0 aliphatic rings. The largest absolute Gasteiger partial charge is 0.439 e. The van der Waals surface area contributed by atoms with Crippen molar-refractivity contribution in [1.82, 2.24) is 4.98 Å². The van der Waals surface area contributed by atoms with Crippen LogP contribution in [0.25, 0.3) is 0 Å². The predicted molar refractivity (Wildman–Crippen MR) is 93.6 cm³/mol. The molecule has 0 unspecified atom stereocenters. The molecule has 0 fully saturated rings. The Kier molecular flexibility index (Phi) is 6.47. The van der Waals surface area contributed by atoms with Crippen LogP contribution in [-0.4, -0.2) is 29.5 Å². The third-order valence-corrected chi connectivity index (χ3v) is 3.38. The summed E-state index contributed by atoms with van der Waals surface area (Å²) in [6.07, 6.45) is 1.59. The summed E-state index contributed by atoms with van der Waals surface area (Å²) < 4.78 is 10.9. The number of amides is 2. The number of nitrogens with two attached hydrogens (primary N) is 1. The van der Waals surface area contributed by atoms with Gasteiger partial charge in [0.2, 0.25) is 11.8 Å². The van der Waals surface area contributed by atoms with E-state index < -0.39 is 12.0 Å². The van der Waals surface area contributed by atoms with Crippen molar-refractivity contribution in [3.05, 3.63) is 48.2 Å². The van der Waals surface area contributed by atoms with Gasteiger partial charge in [-0.05, 0) is 37.6 Å². The molecule has 3 N–H and O–H groups in total. The summed E-state index contributed by atoms with van der Waals surface area (Å²) in [5.41, 5.74) is 6.13. The molecule has 1 aromatic carbocycles. The number of carbonyl (C=O) groups excluding carboxylic acids is 2. The van der Waals surface area contributed by atoms with Crippen molar-refractivity contribution in [1.29, 1.82) is 0 Å². The molecule has 0 aliphatic carbocycles. The third-order valence-electron chi connectivity index (χ3n) is 3.38. The van der Waals surface area contributed by atoms with Gasteiger partial charge in [0.15, 0.2) is 0 Å². The number of ether oxygens (including phenoxy) is 2. The molecule has 2 amide bonds. The van der Waals surface area contributed by atoms with Crippen molar-refractivity contribution in [3.8, 4) is 11.6 Å². The molecule has 25 heavy (non-hydrogen) atoms. The first kappa shape index (κ1) is 18.4. The molecule has 7 heteroatoms. The van der Waals surface area contributed by atoms with Gasteiger partial charge in [-0.3, -0.25) is 9.59 Å². The van der Waals surface area contributed by atoms with Crippen molar-refractivity contribution < 1.29 is 19.1 Å². The fourth-order valence-electron chi connectivity index (χ4n) is 2.15. The molecule has 2 aromatic rings. The normalized spacial score (nSPS) is 11.6. The third kappa shape index (κ3) is 5.29. The standard InChI is InChI=1S/C18H21N3O4/c1-3-15(24-4-2)18(23)21-13-8-9-16(20-11-13)25-14-7-5-6-12(10-14)17(19)22/h5-11,15H,3-4H2,1-2H3,(H2,19,22)(H,21,23)/t15-/m1/s1. The van der Waals surface area contributed by atoms with Gasteiger partial charge in [-0.15, -0.1) is 0 Å². The van der Waals surface area contributed by atoms with Crippen LogP contribution in [0, 0.1) is 0 Å². The first-order chi connectivity index (χ1) is 12.0. The van der Waals surface area contributed by atoms with E-state index in [1.807, 2.05) is 13.8 Å². The number of nitrogens with one attached hydrogen (secondary N) is 1. The molecular weight excluding hydrogens is 322 g/mol. The minimum atomic E-state index is -0.531. The van der Waals surface area contributed by atoms with Gasteiger partial charge in [0.1, 0.15) is 11.9 Å². The summed E-state index contributed by atoms with van der Waals surface area (Å²) in [7, 11) is 0. The van der Waals surface area contributed by atoms with Crippen molar-refractivity contribution >= 4 is 17.5 Å². The van der Waals surface area contributed by atoms with E-state index in [4.69, 9.17) is 15.2 Å². The number of rotatable bonds is 8. The summed E-state index contributed by atoms with van der Waals surface area (Å²) in [5.74, 6) is 0.0321. The number of hydrogen-bond acceptors (Lipinski definition) is 5. The highest BCUT2D eigenvalue weighted by Gasteiger charge is 2.16. The zero-order chi connectivity index (χ0) is 18.2. The van der Waals surface area contributed by atoms with E-state index in [2.05, 4.69) is 10.3 Å². The lowest BCUT2D eigenvalue weighted by molar-refractivity contribution is -0.127. The average Bonchev–Trinajstić information content (AvgIpc) is 2.61. The minimum Gasteiger partial charge on any atom is -0.439 e. The Labute approximate surface area is 146 Å². The number of benzene rings is 1. The highest BCUT2D eigenvalue weighted by molar-refractivity contribution is 5.94. The minimum absolute atomic E-state index is 0.214. The van der Waals surface area contributed by atoms with E-state index in [-0.39, 0.29) is 5.91 Å². The number of aromatic nitrogens is 1. The molecule has 1 heterocycles. The number of nitrogens with zero attached hydrogens (tertiary/aromatic N) is 1. The van der Waals surface area contributed by atoms with Gasteiger partial charge < -0.3 is 20.5 Å². The topological polar surface area (TPSA) is 104 Å². The number of primary amides is 1. The molecule has 1 atom stereocenters. The monoisotopic (exact) mass is 343 g/mol. The van der Waals surface area contributed by atoms with Gasteiger partial charge in [0.05, 0.1) is 11.9 Å². The maximum Gasteiger partial charge on any atom is 0.253 e. The van der Waals surface area contributed by atoms with Crippen LogP contribution in [0.2, 0.25) is 0 Å². The lowest BCUT2D eigenvalue weighted by Crippen LogP contribution is -2.29. The summed E-state index contributed by atoms with van der Waals surface area (Å²) >= 11 is 0. The average molecular weight is 343 g/mol. The predicted octanol–water partition coefficient (Wildman–Crippen LogP) is 2.73. The molecule has 0 bridgehead atoms. The number of carbonyl (C=O) groups is 2. The molecule has 0 saturated heterocycles. The molecule has 2 rings (SSSR count). The fourth-order valence-corrected chi connectivity index (χ4v) is 2.15. The van der Waals surface area contributed by atoms with Crippen LogP contribution in [0.15, 0.2) is 42.6 Å². The molecule has 132 valence electrons. The van der Waals surface area contributed by atoms with Crippen LogP contribution in [0.1, 0.15) is 30.6 Å². The van der Waals surface area contributed by atoms with E-state index in [0.717, 1.165) is 0 Å². The Morgan fingerprint density at radius 2 is 2.04 bits per heavy atom. The fraction of sp³-hybridized carbons (Fsp3) is 0.278. The Hall–Kier alpha value is -2.93. The van der Waals surface area contributed by atoms with E-state index >= 15 is 0 Å². The van der Waals surface area contributed by atoms with Crippen LogP contribution >= 0.6 is 0 Å². The quantitative estimate of drug-likeness (QED) is 0.767. The van der Waals surface area contributed by atoms with Crippen LogP contribution < -0.4 is 15.8 Å². The van der Waals surface area contributed by atoms with Crippen molar-refractivity contribution in [2.45, 2.75) is 26.4 Å². The Bertz CT molecular complexity index is 731. The lowest BCUT2D eigenvalue weighted by Gasteiger charge is -2.14. The second-order valence-corrected chi connectivity index (χ2v) is 5.22. The number of hydrogen-bond donors (Lipinski definition) is 2. The summed E-state index contributed by atoms with van der Waals surface area (Å²) in [6, 6.07) is 9.79. The van der Waals surface area contributed by atoms with Gasteiger partial charge in [0, 0.05) is 18.2 Å². The van der Waals surface area contributed by atoms with Crippen LogP contribution in [0.3, 0.4) is 0 Å². The lowest BCUT2D eigenvalue weighted by atomic mass is 10.2. The zero-order valence-corrected chi connectivity index (χ0v) is 14.2. The smallest absolute Gasteiger partial charge is 0.253 e. The summed E-state index contributed by atoms with van der Waals surface area (Å²) in [6.45, 7) is 4.20. The molecule has 0 saturated carbocycles. The molecule has 0 spiro atoms. The van der Waals surface area contributed by atoms with Crippen LogP contribution in [0.5, 0.6) is 11.6 Å². The van der Waals surface area contributed by atoms with E-state index in [9.17, 15) is 9.59 Å². The van der Waals surface area contributed by atoms with E-state index in [1.165, 1.54) is 12.3 Å². The molecular formula is C18H21N3O4. The highest BCUT2D eigenvalue weighted by atomic mass is 16.5. The second kappa shape index (κ2) is 8.79. The van der Waals surface area contributed by atoms with Gasteiger partial charge in [-0.1, -0.05) is 13.0 Å². The van der Waals surface area contributed by atoms with Gasteiger partial charge in [-0.25, -0.2) is 4.98 Å². The highest BCUT2D eigenvalue weighted by Crippen LogP contribution is 2.21. The molecule has 0 radical (unpaired) electrons. The zero-order valence-electron chi connectivity index (χ0n) is 14.2. The Morgan fingerprint density at radius 3 is 2.64 bits per heavy atom. The van der Waals surface area contributed by atoms with Crippen molar-refractivity contribution in [3.63, 3.8) is 0 Å². The molecule has 0 aliphatic heterocycles. The number of anilines is 1. The molecule has 7 nitrogen and oxygen atoms in total. The van der Waals surface area contributed by atoms with Crippen molar-refractivity contribution in [2.24, 2.45) is 5.73 Å². The van der Waals surface area contributed by atoms with E-state index in [1.54, 1.807) is 30.3 Å². The Morgan fingerprint density at radius 1 is 1.24 bits per heavy atom. The van der Waals surface area contributed by atoms with Crippen LogP contribution in [-0.2, 0) is 9.53 Å². The van der Waals surface area contributed by atoms with E-state index in [0.29, 0.717) is 35.9 Å². The molecule has 1 aromatic heterocycles. The van der Waals surface area contributed by atoms with Crippen molar-refractivity contribution in [2.75, 3.05) is 11.9 Å². The Balaban J connectivity index is 2.01. The van der Waals surface area contributed by atoms with Gasteiger partial charge in [0.25, 0.3) is 5.91 Å². The van der Waals surface area contributed by atoms with Crippen LogP contribution in [0.4, 0.5) is 5.69 Å². The maximum atomic E-state index is 12.1. The summed E-state index contributed by atoms with van der Waals surface area (Å²) in [4.78, 5) is 27.4. The first-order valence-corrected chi connectivity index (χ1v) is 7.99. The second-order valence-electron chi connectivity index (χ2n) is 5.22. The maximum absolute atomic E-state index is 12.1. The summed E-state index contributed by atoms with van der Waals surface area (Å²) in [5, 5.41) is 2.75. The van der Waals surface area contributed by atoms with Gasteiger partial charge in [-0.2, -0.15) is 0 Å². The van der Waals surface area contributed by atoms with Gasteiger partial charge >= 0.3 is 0 Å². The SMILES string of the molecule is CCO[C@H](CC)C(=O)Nc1ccc(Oc2cccc(C(N)=O)c2)nc1. The number of pyridine rings is 1. The first-order valence-electron chi connectivity index (χ1n) is 7.99.